The van der Waals surface area contributed by atoms with E-state index in [2.05, 4.69) is 5.32 Å². The Bertz CT molecular complexity index is 1650. The molecule has 3 aromatic rings. The minimum atomic E-state index is -5.68. The number of sulfone groups is 2. The summed E-state index contributed by atoms with van der Waals surface area (Å²) in [6.07, 6.45) is 0. The van der Waals surface area contributed by atoms with Crippen molar-refractivity contribution in [2.45, 2.75) is 54.2 Å². The lowest BCUT2D eigenvalue weighted by Gasteiger charge is -2.25. The normalized spacial score (nSPS) is 12.8. The molecule has 0 aliphatic carbocycles. The molecule has 0 atom stereocenters. The average molecular weight is 604 g/mol. The number of halogens is 4. The molecule has 0 aromatic heterocycles. The molecule has 39 heavy (non-hydrogen) atoms. The fourth-order valence-electron chi connectivity index (χ4n) is 3.87. The first-order valence-corrected chi connectivity index (χ1v) is 14.8. The number of nitrogens with one attached hydrogen (secondary N) is 1. The molecule has 0 bridgehead atoms. The van der Waals surface area contributed by atoms with Gasteiger partial charge in [-0.05, 0) is 47.7 Å². The third kappa shape index (κ3) is 6.23. The Kier molecular flexibility index (Phi) is 8.18. The molecule has 210 valence electrons. The zero-order valence-corrected chi connectivity index (χ0v) is 23.6. The number of benzene rings is 3. The van der Waals surface area contributed by atoms with Gasteiger partial charge in [-0.25, -0.2) is 16.8 Å². The van der Waals surface area contributed by atoms with Crippen LogP contribution >= 0.6 is 11.6 Å². The number of carbonyl (C=O) groups excluding carboxylic acids is 1. The molecule has 13 heteroatoms. The van der Waals surface area contributed by atoms with E-state index in [4.69, 9.17) is 11.6 Å². The van der Waals surface area contributed by atoms with Crippen LogP contribution < -0.4 is 5.32 Å². The highest BCUT2D eigenvalue weighted by Gasteiger charge is 2.47. The molecule has 0 saturated heterocycles. The molecule has 0 radical (unpaired) electrons. The number of hydrogen-bond acceptors (Lipinski definition) is 6. The topological polar surface area (TPSA) is 118 Å². The number of alkyl halides is 3. The number of carbonyl (C=O) groups is 1. The van der Waals surface area contributed by atoms with Crippen molar-refractivity contribution in [3.05, 3.63) is 81.9 Å². The van der Waals surface area contributed by atoms with Crippen LogP contribution in [0.5, 0.6) is 5.75 Å². The van der Waals surface area contributed by atoms with Crippen LogP contribution in [0.15, 0.2) is 64.4 Å². The minimum absolute atomic E-state index is 0.0543. The average Bonchev–Trinajstić information content (AvgIpc) is 2.79. The summed E-state index contributed by atoms with van der Waals surface area (Å²) in [5.74, 6) is -1.85. The highest BCUT2D eigenvalue weighted by molar-refractivity contribution is 7.92. The van der Waals surface area contributed by atoms with Crippen molar-refractivity contribution in [3.8, 4) is 5.75 Å². The standard InChI is InChI=1S/C26H25ClF3NO6S2/c1-15-21(38(34,35)14-16-8-6-5-7-9-16)13-18(25(2,3)4)23(32)22(15)24(33)31-20-11-10-17(12-19(20)27)39(36,37)26(28,29)30/h5-13,32H,14H2,1-4H3,(H,31,33). The fourth-order valence-corrected chi connectivity index (χ4v) is 6.60. The Balaban J connectivity index is 2.11. The molecule has 0 aliphatic rings. The first-order valence-electron chi connectivity index (χ1n) is 11.3. The van der Waals surface area contributed by atoms with Crippen LogP contribution in [-0.4, -0.2) is 33.4 Å². The number of rotatable bonds is 6. The van der Waals surface area contributed by atoms with Crippen molar-refractivity contribution < 1.29 is 39.9 Å². The lowest BCUT2D eigenvalue weighted by Crippen LogP contribution is -2.23. The summed E-state index contributed by atoms with van der Waals surface area (Å²) in [6, 6.07) is 11.7. The van der Waals surface area contributed by atoms with Crippen LogP contribution in [0.4, 0.5) is 18.9 Å². The third-order valence-electron chi connectivity index (χ3n) is 5.89. The van der Waals surface area contributed by atoms with Crippen LogP contribution in [0.1, 0.15) is 47.8 Å². The van der Waals surface area contributed by atoms with E-state index in [9.17, 15) is 39.9 Å². The number of amides is 1. The van der Waals surface area contributed by atoms with Crippen LogP contribution in [0.3, 0.4) is 0 Å². The number of aromatic hydroxyl groups is 1. The molecule has 0 unspecified atom stereocenters. The van der Waals surface area contributed by atoms with Gasteiger partial charge < -0.3 is 10.4 Å². The van der Waals surface area contributed by atoms with Crippen LogP contribution in [-0.2, 0) is 30.8 Å². The molecular weight excluding hydrogens is 579 g/mol. The van der Waals surface area contributed by atoms with Gasteiger partial charge in [0.2, 0.25) is 0 Å². The maximum atomic E-state index is 13.4. The Morgan fingerprint density at radius 1 is 0.974 bits per heavy atom. The molecule has 0 saturated carbocycles. The van der Waals surface area contributed by atoms with E-state index in [1.807, 2.05) is 0 Å². The first kappa shape index (κ1) is 30.5. The molecule has 2 N–H and O–H groups in total. The van der Waals surface area contributed by atoms with Gasteiger partial charge in [0, 0.05) is 5.56 Å². The van der Waals surface area contributed by atoms with Crippen LogP contribution in [0, 0.1) is 6.92 Å². The van der Waals surface area contributed by atoms with E-state index in [-0.39, 0.29) is 33.0 Å². The second kappa shape index (κ2) is 10.5. The number of hydrogen-bond donors (Lipinski definition) is 2. The number of anilines is 1. The second-order valence-electron chi connectivity index (χ2n) is 9.81. The molecule has 7 nitrogen and oxygen atoms in total. The van der Waals surface area contributed by atoms with E-state index < -0.39 is 52.2 Å². The van der Waals surface area contributed by atoms with E-state index in [1.54, 1.807) is 51.1 Å². The summed E-state index contributed by atoms with van der Waals surface area (Å²) in [5.41, 5.74) is -6.36. The van der Waals surface area contributed by atoms with Gasteiger partial charge in [0.1, 0.15) is 5.75 Å². The molecule has 0 spiro atoms. The molecule has 1 amide bonds. The van der Waals surface area contributed by atoms with Crippen molar-refractivity contribution in [1.29, 1.82) is 0 Å². The first-order chi connectivity index (χ1) is 17.8. The van der Waals surface area contributed by atoms with Gasteiger partial charge in [0.15, 0.2) is 9.84 Å². The van der Waals surface area contributed by atoms with Gasteiger partial charge in [-0.15, -0.1) is 0 Å². The summed E-state index contributed by atoms with van der Waals surface area (Å²) in [7, 11) is -9.69. The predicted octanol–water partition coefficient (Wildman–Crippen LogP) is 6.17. The summed E-state index contributed by atoms with van der Waals surface area (Å²) in [6.45, 7) is 6.48. The van der Waals surface area contributed by atoms with Crippen molar-refractivity contribution in [2.24, 2.45) is 0 Å². The molecule has 3 rings (SSSR count). The number of phenols is 1. The third-order valence-corrected chi connectivity index (χ3v) is 9.49. The van der Waals surface area contributed by atoms with Gasteiger partial charge in [-0.2, -0.15) is 13.2 Å². The molecule has 0 fully saturated rings. The van der Waals surface area contributed by atoms with E-state index >= 15 is 0 Å². The van der Waals surface area contributed by atoms with E-state index in [0.29, 0.717) is 17.7 Å². The van der Waals surface area contributed by atoms with Crippen molar-refractivity contribution >= 4 is 42.9 Å². The molecule has 0 aliphatic heterocycles. The Labute approximate surface area is 229 Å². The van der Waals surface area contributed by atoms with Gasteiger partial charge in [-0.3, -0.25) is 4.79 Å². The lowest BCUT2D eigenvalue weighted by molar-refractivity contribution is -0.0436. The highest BCUT2D eigenvalue weighted by atomic mass is 35.5. The Hall–Kier alpha value is -3.09. The summed E-state index contributed by atoms with van der Waals surface area (Å²) in [5, 5.41) is 12.9. The van der Waals surface area contributed by atoms with E-state index in [1.165, 1.54) is 13.0 Å². The Morgan fingerprint density at radius 3 is 2.08 bits per heavy atom. The fraction of sp³-hybridized carbons (Fsp3) is 0.269. The molecule has 0 heterocycles. The maximum Gasteiger partial charge on any atom is 0.501 e. The van der Waals surface area contributed by atoms with E-state index in [0.717, 1.165) is 6.07 Å². The van der Waals surface area contributed by atoms with Gasteiger partial charge in [0.25, 0.3) is 15.7 Å². The SMILES string of the molecule is Cc1c(S(=O)(=O)Cc2ccccc2)cc(C(C)(C)C)c(O)c1C(=O)Nc1ccc(S(=O)(=O)C(F)(F)F)cc1Cl. The van der Waals surface area contributed by atoms with Gasteiger partial charge in [0.05, 0.1) is 31.8 Å². The quantitative estimate of drug-likeness (QED) is 0.348. The summed E-state index contributed by atoms with van der Waals surface area (Å²) >= 11 is 5.99. The van der Waals surface area contributed by atoms with Crippen LogP contribution in [0.2, 0.25) is 5.02 Å². The smallest absolute Gasteiger partial charge is 0.501 e. The van der Waals surface area contributed by atoms with Gasteiger partial charge in [-0.1, -0.05) is 62.7 Å². The van der Waals surface area contributed by atoms with Gasteiger partial charge >= 0.3 is 5.51 Å². The monoisotopic (exact) mass is 603 g/mol. The maximum absolute atomic E-state index is 13.4. The predicted molar refractivity (Wildman–Crippen MR) is 142 cm³/mol. The number of phenolic OH excluding ortho intramolecular Hbond substituents is 1. The summed E-state index contributed by atoms with van der Waals surface area (Å²) < 4.78 is 88.9. The highest BCUT2D eigenvalue weighted by Crippen LogP contribution is 2.40. The van der Waals surface area contributed by atoms with Crippen LogP contribution in [0.25, 0.3) is 0 Å². The Morgan fingerprint density at radius 2 is 1.56 bits per heavy atom. The van der Waals surface area contributed by atoms with Crippen molar-refractivity contribution in [1.82, 2.24) is 0 Å². The lowest BCUT2D eigenvalue weighted by atomic mass is 9.84. The molecule has 3 aromatic carbocycles. The largest absolute Gasteiger partial charge is 0.507 e. The minimum Gasteiger partial charge on any atom is -0.507 e. The van der Waals surface area contributed by atoms with Crippen molar-refractivity contribution in [2.75, 3.05) is 5.32 Å². The molecular formula is C26H25ClF3NO6S2. The van der Waals surface area contributed by atoms with Crippen molar-refractivity contribution in [3.63, 3.8) is 0 Å². The summed E-state index contributed by atoms with van der Waals surface area (Å²) in [4.78, 5) is 12.0. The zero-order chi connectivity index (χ0) is 29.6. The zero-order valence-electron chi connectivity index (χ0n) is 21.2. The second-order valence-corrected chi connectivity index (χ2v) is 14.1.